The zero-order valence-electron chi connectivity index (χ0n) is 16.1. The summed E-state index contributed by atoms with van der Waals surface area (Å²) in [4.78, 5) is 23.9. The van der Waals surface area contributed by atoms with E-state index in [1.165, 1.54) is 30.0 Å². The fraction of sp³-hybridized carbons (Fsp3) is 0.353. The molecule has 0 aliphatic carbocycles. The molecule has 3 aromatic rings. The molecule has 0 unspecified atom stereocenters. The number of rotatable bonds is 6. The highest BCUT2D eigenvalue weighted by atomic mass is 79.9. The van der Waals surface area contributed by atoms with Gasteiger partial charge in [-0.05, 0) is 65.2 Å². The van der Waals surface area contributed by atoms with Gasteiger partial charge in [0, 0.05) is 12.3 Å². The number of carbonyl (C=O) groups is 1. The van der Waals surface area contributed by atoms with E-state index in [4.69, 9.17) is 13.9 Å². The number of benzene rings is 1. The number of nitrogens with one attached hydrogen (secondary N) is 1. The summed E-state index contributed by atoms with van der Waals surface area (Å²) in [6.45, 7) is 5.60. The molecule has 13 heteroatoms. The molecule has 0 aliphatic rings. The van der Waals surface area contributed by atoms with Crippen molar-refractivity contribution in [3.63, 3.8) is 0 Å². The first-order valence-electron chi connectivity index (χ1n) is 8.62. The molecule has 0 aliphatic heterocycles. The smallest absolute Gasteiger partial charge is 0.444 e. The van der Waals surface area contributed by atoms with E-state index in [-0.39, 0.29) is 16.0 Å². The van der Waals surface area contributed by atoms with Crippen LogP contribution in [0.5, 0.6) is 0 Å². The maximum Gasteiger partial charge on any atom is 0.446 e. The maximum atomic E-state index is 13.5. The van der Waals surface area contributed by atoms with Crippen molar-refractivity contribution in [2.45, 2.75) is 31.4 Å². The van der Waals surface area contributed by atoms with Crippen LogP contribution >= 0.6 is 27.7 Å². The minimum Gasteiger partial charge on any atom is -0.444 e. The third kappa shape index (κ3) is 5.27. The summed E-state index contributed by atoms with van der Waals surface area (Å²) in [6.07, 6.45) is -0.533. The Labute approximate surface area is 182 Å². The van der Waals surface area contributed by atoms with Crippen LogP contribution in [-0.4, -0.2) is 44.0 Å². The Morgan fingerprint density at radius 2 is 2.10 bits per heavy atom. The number of amides is 1. The minimum absolute atomic E-state index is 0.0439. The number of thioether (sulfide) groups is 1. The Morgan fingerprint density at radius 1 is 1.33 bits per heavy atom. The van der Waals surface area contributed by atoms with Gasteiger partial charge in [-0.1, -0.05) is 16.9 Å². The van der Waals surface area contributed by atoms with Crippen molar-refractivity contribution in [1.82, 2.24) is 25.4 Å². The quantitative estimate of drug-likeness (QED) is 0.399. The summed E-state index contributed by atoms with van der Waals surface area (Å²) >= 11 is 4.30. The number of nitrogens with zero attached hydrogens (tertiary/aromatic N) is 4. The van der Waals surface area contributed by atoms with Gasteiger partial charge in [0.1, 0.15) is 11.4 Å². The number of alkyl carbamates (subject to hydrolysis) is 1. The van der Waals surface area contributed by atoms with E-state index < -0.39 is 23.3 Å². The standard InChI is InChI=1S/C17H17BrFN5O5S/c1-17(2,3)27-15(25)20-6-7-30-14-12(21-29-23-14)13-22-28-16(26)24(13)9-4-5-11(19)10(18)8-9/h4-5,8H,6-7H2,1-3H3,(H,20,25). The van der Waals surface area contributed by atoms with Gasteiger partial charge in [0.2, 0.25) is 5.82 Å². The molecule has 1 amide bonds. The predicted octanol–water partition coefficient (Wildman–Crippen LogP) is 3.39. The van der Waals surface area contributed by atoms with Gasteiger partial charge >= 0.3 is 11.8 Å². The van der Waals surface area contributed by atoms with Crippen molar-refractivity contribution >= 4 is 33.8 Å². The second-order valence-electron chi connectivity index (χ2n) is 6.90. The Balaban J connectivity index is 1.74. The number of carbonyl (C=O) groups excluding carboxylic acids is 1. The average molecular weight is 502 g/mol. The highest BCUT2D eigenvalue weighted by molar-refractivity contribution is 9.10. The van der Waals surface area contributed by atoms with E-state index in [1.807, 2.05) is 0 Å². The van der Waals surface area contributed by atoms with E-state index in [1.54, 1.807) is 20.8 Å². The summed E-state index contributed by atoms with van der Waals surface area (Å²) in [5, 5.41) is 14.3. The third-order valence-electron chi connectivity index (χ3n) is 3.45. The second kappa shape index (κ2) is 9.00. The Bertz CT molecular complexity index is 1110. The molecule has 160 valence electrons. The number of ether oxygens (including phenoxy) is 1. The SMILES string of the molecule is CC(C)(C)OC(=O)NCCSc1nonc1-c1noc(=O)n1-c1ccc(F)c(Br)c1. The van der Waals surface area contributed by atoms with Crippen LogP contribution in [0.25, 0.3) is 17.2 Å². The van der Waals surface area contributed by atoms with Gasteiger partial charge in [0.15, 0.2) is 10.7 Å². The van der Waals surface area contributed by atoms with Crippen LogP contribution in [0.2, 0.25) is 0 Å². The van der Waals surface area contributed by atoms with Crippen LogP contribution in [-0.2, 0) is 4.74 Å². The lowest BCUT2D eigenvalue weighted by molar-refractivity contribution is 0.0531. The first-order valence-corrected chi connectivity index (χ1v) is 10.4. The van der Waals surface area contributed by atoms with E-state index in [0.717, 1.165) is 4.57 Å². The summed E-state index contributed by atoms with van der Waals surface area (Å²) in [5.74, 6) is -0.803. The van der Waals surface area contributed by atoms with Crippen molar-refractivity contribution in [3.8, 4) is 17.2 Å². The third-order valence-corrected chi connectivity index (χ3v) is 5.00. The molecule has 0 spiro atoms. The van der Waals surface area contributed by atoms with Gasteiger partial charge in [-0.25, -0.2) is 23.2 Å². The molecule has 0 atom stereocenters. The van der Waals surface area contributed by atoms with Gasteiger partial charge in [-0.15, -0.1) is 0 Å². The zero-order valence-corrected chi connectivity index (χ0v) is 18.5. The monoisotopic (exact) mass is 501 g/mol. The first kappa shape index (κ1) is 22.0. The van der Waals surface area contributed by atoms with Crippen LogP contribution in [0.1, 0.15) is 20.8 Å². The Kier molecular flexibility index (Phi) is 6.61. The Morgan fingerprint density at radius 3 is 2.80 bits per heavy atom. The average Bonchev–Trinajstić information content (AvgIpc) is 3.26. The molecule has 30 heavy (non-hydrogen) atoms. The minimum atomic E-state index is -0.783. The summed E-state index contributed by atoms with van der Waals surface area (Å²) in [6, 6.07) is 4.00. The van der Waals surface area contributed by atoms with Crippen LogP contribution < -0.4 is 11.1 Å². The Hall–Kier alpha value is -2.67. The summed E-state index contributed by atoms with van der Waals surface area (Å²) < 4.78 is 29.5. The normalized spacial score (nSPS) is 11.5. The van der Waals surface area contributed by atoms with Crippen LogP contribution in [0, 0.1) is 5.82 Å². The first-order chi connectivity index (χ1) is 14.2. The molecule has 0 saturated carbocycles. The van der Waals surface area contributed by atoms with E-state index >= 15 is 0 Å². The molecule has 3 rings (SSSR count). The number of hydrogen-bond donors (Lipinski definition) is 1. The number of aromatic nitrogens is 4. The molecule has 0 radical (unpaired) electrons. The zero-order chi connectivity index (χ0) is 21.9. The molecular weight excluding hydrogens is 485 g/mol. The topological polar surface area (TPSA) is 125 Å². The van der Waals surface area contributed by atoms with Crippen LogP contribution in [0.15, 0.2) is 41.6 Å². The fourth-order valence-corrected chi connectivity index (χ4v) is 3.39. The lowest BCUT2D eigenvalue weighted by atomic mass is 10.2. The molecule has 0 fully saturated rings. The van der Waals surface area contributed by atoms with Gasteiger partial charge in [-0.3, -0.25) is 4.52 Å². The molecule has 2 heterocycles. The predicted molar refractivity (Wildman–Crippen MR) is 108 cm³/mol. The second-order valence-corrected chi connectivity index (χ2v) is 8.84. The fourth-order valence-electron chi connectivity index (χ4n) is 2.28. The van der Waals surface area contributed by atoms with Crippen molar-refractivity contribution in [1.29, 1.82) is 0 Å². The molecule has 0 saturated heterocycles. The lowest BCUT2D eigenvalue weighted by Gasteiger charge is -2.19. The van der Waals surface area contributed by atoms with Crippen LogP contribution in [0.4, 0.5) is 9.18 Å². The molecule has 10 nitrogen and oxygen atoms in total. The van der Waals surface area contributed by atoms with Gasteiger partial charge in [-0.2, -0.15) is 0 Å². The molecular formula is C17H17BrFN5O5S. The van der Waals surface area contributed by atoms with E-state index in [2.05, 4.69) is 36.7 Å². The van der Waals surface area contributed by atoms with Crippen molar-refractivity contribution in [2.24, 2.45) is 0 Å². The molecule has 2 aromatic heterocycles. The van der Waals surface area contributed by atoms with Crippen molar-refractivity contribution in [3.05, 3.63) is 39.0 Å². The van der Waals surface area contributed by atoms with E-state index in [0.29, 0.717) is 23.0 Å². The summed E-state index contributed by atoms with van der Waals surface area (Å²) in [5.41, 5.74) is -0.106. The van der Waals surface area contributed by atoms with E-state index in [9.17, 15) is 14.0 Å². The molecule has 1 aromatic carbocycles. The number of halogens is 2. The van der Waals surface area contributed by atoms with Crippen LogP contribution in [0.3, 0.4) is 0 Å². The molecule has 1 N–H and O–H groups in total. The lowest BCUT2D eigenvalue weighted by Crippen LogP contribution is -2.33. The van der Waals surface area contributed by atoms with Gasteiger partial charge in [0.25, 0.3) is 0 Å². The number of hydrogen-bond acceptors (Lipinski definition) is 9. The highest BCUT2D eigenvalue weighted by Crippen LogP contribution is 2.28. The molecule has 0 bridgehead atoms. The maximum absolute atomic E-state index is 13.5. The van der Waals surface area contributed by atoms with Crippen molar-refractivity contribution in [2.75, 3.05) is 12.3 Å². The van der Waals surface area contributed by atoms with Gasteiger partial charge < -0.3 is 10.1 Å². The summed E-state index contributed by atoms with van der Waals surface area (Å²) in [7, 11) is 0. The van der Waals surface area contributed by atoms with Gasteiger partial charge in [0.05, 0.1) is 10.2 Å². The highest BCUT2D eigenvalue weighted by Gasteiger charge is 2.23. The van der Waals surface area contributed by atoms with Crippen molar-refractivity contribution < 1.29 is 23.1 Å². The largest absolute Gasteiger partial charge is 0.446 e.